The second kappa shape index (κ2) is 5.63. The van der Waals surface area contributed by atoms with Crippen LogP contribution in [0.4, 0.5) is 4.79 Å². The van der Waals surface area contributed by atoms with Gasteiger partial charge in [0.1, 0.15) is 5.82 Å². The van der Waals surface area contributed by atoms with Crippen molar-refractivity contribution in [2.75, 3.05) is 19.6 Å². The number of nitrogens with one attached hydrogen (secondary N) is 1. The maximum Gasteiger partial charge on any atom is 0.317 e. The van der Waals surface area contributed by atoms with Crippen molar-refractivity contribution in [1.82, 2.24) is 19.8 Å². The van der Waals surface area contributed by atoms with Crippen LogP contribution in [0.3, 0.4) is 0 Å². The molecule has 1 N–H and O–H groups in total. The van der Waals surface area contributed by atoms with E-state index in [1.165, 1.54) is 5.69 Å². The highest BCUT2D eigenvalue weighted by Crippen LogP contribution is 2.28. The number of imidazole rings is 1. The van der Waals surface area contributed by atoms with Gasteiger partial charge in [-0.05, 0) is 34.1 Å². The van der Waals surface area contributed by atoms with Gasteiger partial charge in [-0.2, -0.15) is 0 Å². The zero-order chi connectivity index (χ0) is 14.0. The zero-order valence-electron chi connectivity index (χ0n) is 12.3. The van der Waals surface area contributed by atoms with Gasteiger partial charge >= 0.3 is 6.03 Å². The Balaban J connectivity index is 2.11. The number of carbonyl (C=O) groups excluding carboxylic acids is 1. The summed E-state index contributed by atoms with van der Waals surface area (Å²) in [5.41, 5.74) is 1.20. The first-order valence-electron chi connectivity index (χ1n) is 7.11. The highest BCUT2D eigenvalue weighted by Gasteiger charge is 2.30. The molecule has 1 atom stereocenters. The van der Waals surface area contributed by atoms with Crippen molar-refractivity contribution in [1.29, 1.82) is 0 Å². The molecule has 1 aliphatic rings. The number of likely N-dealkylation sites (tertiary alicyclic amines) is 1. The van der Waals surface area contributed by atoms with Gasteiger partial charge in [-0.25, -0.2) is 9.78 Å². The van der Waals surface area contributed by atoms with Crippen LogP contribution in [0.25, 0.3) is 0 Å². The molecule has 1 aliphatic heterocycles. The standard InChI is InChI=1S/C14H24N4O/c1-5-15-14(19)17-7-6-12(9-17)13-16-8-11(4)18(13)10(2)3/h8,10,12H,5-7,9H2,1-4H3,(H,15,19). The third-order valence-electron chi connectivity index (χ3n) is 3.70. The zero-order valence-corrected chi connectivity index (χ0v) is 12.3. The summed E-state index contributed by atoms with van der Waals surface area (Å²) in [4.78, 5) is 18.3. The molecule has 1 aromatic rings. The van der Waals surface area contributed by atoms with Crippen molar-refractivity contribution in [3.05, 3.63) is 17.7 Å². The minimum absolute atomic E-state index is 0.0457. The molecule has 0 radical (unpaired) electrons. The van der Waals surface area contributed by atoms with Crippen molar-refractivity contribution >= 4 is 6.03 Å². The molecule has 1 unspecified atom stereocenters. The van der Waals surface area contributed by atoms with Crippen molar-refractivity contribution in [2.45, 2.75) is 46.1 Å². The van der Waals surface area contributed by atoms with Crippen molar-refractivity contribution in [2.24, 2.45) is 0 Å². The summed E-state index contributed by atoms with van der Waals surface area (Å²) in [5, 5.41) is 2.86. The molecule has 0 aromatic carbocycles. The van der Waals surface area contributed by atoms with Crippen LogP contribution < -0.4 is 5.32 Å². The Kier molecular flexibility index (Phi) is 4.12. The number of amides is 2. The second-order valence-electron chi connectivity index (χ2n) is 5.49. The van der Waals surface area contributed by atoms with Crippen LogP contribution in [0.15, 0.2) is 6.20 Å². The van der Waals surface area contributed by atoms with Gasteiger partial charge in [-0.3, -0.25) is 0 Å². The molecule has 0 saturated carbocycles. The van der Waals surface area contributed by atoms with Gasteiger partial charge < -0.3 is 14.8 Å². The van der Waals surface area contributed by atoms with Crippen LogP contribution in [0.2, 0.25) is 0 Å². The molecule has 106 valence electrons. The Morgan fingerprint density at radius 2 is 2.32 bits per heavy atom. The first-order valence-corrected chi connectivity index (χ1v) is 7.11. The molecule has 2 rings (SSSR count). The minimum Gasteiger partial charge on any atom is -0.338 e. The lowest BCUT2D eigenvalue weighted by atomic mass is 10.1. The van der Waals surface area contributed by atoms with E-state index >= 15 is 0 Å². The number of aromatic nitrogens is 2. The topological polar surface area (TPSA) is 50.2 Å². The van der Waals surface area contributed by atoms with E-state index in [9.17, 15) is 4.79 Å². The van der Waals surface area contributed by atoms with Crippen molar-refractivity contribution < 1.29 is 4.79 Å². The molecular weight excluding hydrogens is 240 g/mol. The smallest absolute Gasteiger partial charge is 0.317 e. The molecule has 1 fully saturated rings. The Morgan fingerprint density at radius 1 is 1.58 bits per heavy atom. The fourth-order valence-electron chi connectivity index (χ4n) is 2.86. The quantitative estimate of drug-likeness (QED) is 0.910. The van der Waals surface area contributed by atoms with Crippen LogP contribution in [-0.4, -0.2) is 40.1 Å². The summed E-state index contributed by atoms with van der Waals surface area (Å²) in [6, 6.07) is 0.459. The maximum atomic E-state index is 11.8. The fraction of sp³-hybridized carbons (Fsp3) is 0.714. The van der Waals surface area contributed by atoms with E-state index in [0.717, 1.165) is 25.3 Å². The van der Waals surface area contributed by atoms with Crippen LogP contribution >= 0.6 is 0 Å². The summed E-state index contributed by atoms with van der Waals surface area (Å²) in [6.45, 7) is 10.7. The van der Waals surface area contributed by atoms with E-state index < -0.39 is 0 Å². The summed E-state index contributed by atoms with van der Waals surface area (Å²) in [5.74, 6) is 1.48. The summed E-state index contributed by atoms with van der Waals surface area (Å²) in [7, 11) is 0. The molecule has 5 nitrogen and oxygen atoms in total. The summed E-state index contributed by atoms with van der Waals surface area (Å²) in [6.07, 6.45) is 2.93. The van der Waals surface area contributed by atoms with Gasteiger partial charge in [0.05, 0.1) is 0 Å². The van der Waals surface area contributed by atoms with Crippen LogP contribution in [0.5, 0.6) is 0 Å². The number of rotatable bonds is 3. The van der Waals surface area contributed by atoms with E-state index in [1.54, 1.807) is 0 Å². The second-order valence-corrected chi connectivity index (χ2v) is 5.49. The Morgan fingerprint density at radius 3 is 2.95 bits per heavy atom. The van der Waals surface area contributed by atoms with E-state index in [4.69, 9.17) is 0 Å². The number of aryl methyl sites for hydroxylation is 1. The van der Waals surface area contributed by atoms with Crippen LogP contribution in [-0.2, 0) is 0 Å². The monoisotopic (exact) mass is 264 g/mol. The Labute approximate surface area is 115 Å². The molecule has 5 heteroatoms. The van der Waals surface area contributed by atoms with E-state index in [1.807, 2.05) is 18.0 Å². The number of nitrogens with zero attached hydrogens (tertiary/aromatic N) is 3. The van der Waals surface area contributed by atoms with Gasteiger partial charge in [0, 0.05) is 43.5 Å². The SMILES string of the molecule is CCNC(=O)N1CCC(c2ncc(C)n2C(C)C)C1. The molecule has 2 heterocycles. The largest absolute Gasteiger partial charge is 0.338 e. The predicted molar refractivity (Wildman–Crippen MR) is 75.4 cm³/mol. The predicted octanol–water partition coefficient (Wildman–Crippen LogP) is 2.29. The lowest BCUT2D eigenvalue weighted by molar-refractivity contribution is 0.208. The highest BCUT2D eigenvalue weighted by molar-refractivity contribution is 5.74. The van der Waals surface area contributed by atoms with E-state index in [0.29, 0.717) is 18.5 Å². The van der Waals surface area contributed by atoms with Crippen molar-refractivity contribution in [3.8, 4) is 0 Å². The molecule has 2 amide bonds. The van der Waals surface area contributed by atoms with Crippen LogP contribution in [0, 0.1) is 6.92 Å². The normalized spacial score (nSPS) is 19.2. The third-order valence-corrected chi connectivity index (χ3v) is 3.70. The molecule has 0 spiro atoms. The minimum atomic E-state index is 0.0457. The van der Waals surface area contributed by atoms with E-state index in [2.05, 4.69) is 35.6 Å². The lowest BCUT2D eigenvalue weighted by Crippen LogP contribution is -2.38. The number of hydrogen-bond donors (Lipinski definition) is 1. The third kappa shape index (κ3) is 2.74. The molecule has 0 bridgehead atoms. The Bertz CT molecular complexity index is 452. The van der Waals surface area contributed by atoms with Gasteiger partial charge in [-0.1, -0.05) is 0 Å². The summed E-state index contributed by atoms with van der Waals surface area (Å²) >= 11 is 0. The van der Waals surface area contributed by atoms with E-state index in [-0.39, 0.29) is 6.03 Å². The average Bonchev–Trinajstić information content (AvgIpc) is 2.95. The lowest BCUT2D eigenvalue weighted by Gasteiger charge is -2.19. The Hall–Kier alpha value is -1.52. The van der Waals surface area contributed by atoms with Crippen molar-refractivity contribution in [3.63, 3.8) is 0 Å². The highest BCUT2D eigenvalue weighted by atomic mass is 16.2. The fourth-order valence-corrected chi connectivity index (χ4v) is 2.86. The van der Waals surface area contributed by atoms with Gasteiger partial charge in [0.15, 0.2) is 0 Å². The number of urea groups is 1. The van der Waals surface area contributed by atoms with Gasteiger partial charge in [-0.15, -0.1) is 0 Å². The van der Waals surface area contributed by atoms with Gasteiger partial charge in [0.25, 0.3) is 0 Å². The first kappa shape index (κ1) is 13.9. The molecular formula is C14H24N4O. The molecule has 1 saturated heterocycles. The molecule has 1 aromatic heterocycles. The summed E-state index contributed by atoms with van der Waals surface area (Å²) < 4.78 is 2.28. The number of carbonyl (C=O) groups is 1. The molecule has 19 heavy (non-hydrogen) atoms. The average molecular weight is 264 g/mol. The van der Waals surface area contributed by atoms with Gasteiger partial charge in [0.2, 0.25) is 0 Å². The first-order chi connectivity index (χ1) is 9.04. The number of hydrogen-bond acceptors (Lipinski definition) is 2. The molecule has 0 aliphatic carbocycles. The maximum absolute atomic E-state index is 11.8. The van der Waals surface area contributed by atoms with Crippen LogP contribution in [0.1, 0.15) is 50.7 Å².